The maximum Gasteiger partial charge on any atom is 0.190 e. The van der Waals surface area contributed by atoms with Crippen LogP contribution in [-0.2, 0) is 4.74 Å². The molecule has 1 aromatic carbocycles. The summed E-state index contributed by atoms with van der Waals surface area (Å²) in [4.78, 5) is 12.6. The molecule has 3 heterocycles. The lowest BCUT2D eigenvalue weighted by Gasteiger charge is -2.14. The molecule has 9 nitrogen and oxygen atoms in total. The third kappa shape index (κ3) is 3.15. The van der Waals surface area contributed by atoms with E-state index >= 15 is 0 Å². The second-order valence-electron chi connectivity index (χ2n) is 6.29. The Morgan fingerprint density at radius 3 is 2.64 bits per heavy atom. The molecule has 0 radical (unpaired) electrons. The zero-order valence-corrected chi connectivity index (χ0v) is 14.6. The summed E-state index contributed by atoms with van der Waals surface area (Å²) in [6, 6.07) is 8.90. The summed E-state index contributed by atoms with van der Waals surface area (Å²) in [5.74, 6) is 6.53. The van der Waals surface area contributed by atoms with Gasteiger partial charge in [0.05, 0.1) is 24.3 Å². The molecule has 2 aromatic heterocycles. The Morgan fingerprint density at radius 1 is 1.21 bits per heavy atom. The normalized spacial score (nSPS) is 21.2. The lowest BCUT2D eigenvalue weighted by atomic mass is 10.1. The van der Waals surface area contributed by atoms with Crippen LogP contribution < -0.4 is 5.73 Å². The van der Waals surface area contributed by atoms with Crippen LogP contribution in [0.25, 0.3) is 11.2 Å². The molecule has 3 aromatic rings. The molecule has 1 aliphatic heterocycles. The number of imidazole rings is 1. The van der Waals surface area contributed by atoms with Crippen molar-refractivity contribution in [1.82, 2.24) is 19.5 Å². The highest BCUT2D eigenvalue weighted by Gasteiger charge is 2.36. The molecule has 0 bridgehead atoms. The van der Waals surface area contributed by atoms with Crippen molar-refractivity contribution in [3.63, 3.8) is 0 Å². The molecular weight excluding hydrogens is 360 g/mol. The van der Waals surface area contributed by atoms with Crippen LogP contribution in [0, 0.1) is 23.2 Å². The summed E-state index contributed by atoms with van der Waals surface area (Å²) in [7, 11) is 0. The van der Waals surface area contributed by atoms with Crippen LogP contribution in [0.5, 0.6) is 0 Å². The number of hydrogen-bond acceptors (Lipinski definition) is 8. The second-order valence-corrected chi connectivity index (χ2v) is 6.29. The minimum absolute atomic E-state index is 0.211. The number of fused-ring (bicyclic) bond motifs is 1. The maximum absolute atomic E-state index is 10.1. The van der Waals surface area contributed by atoms with E-state index < -0.39 is 18.4 Å². The van der Waals surface area contributed by atoms with Crippen LogP contribution >= 0.6 is 0 Å². The van der Waals surface area contributed by atoms with Crippen molar-refractivity contribution in [3.05, 3.63) is 47.5 Å². The minimum atomic E-state index is -0.814. The van der Waals surface area contributed by atoms with Crippen molar-refractivity contribution in [1.29, 1.82) is 5.26 Å². The van der Waals surface area contributed by atoms with Gasteiger partial charge in [-0.2, -0.15) is 5.26 Å². The Bertz CT molecular complexity index is 1120. The molecule has 1 saturated heterocycles. The molecule has 9 heteroatoms. The molecule has 4 rings (SSSR count). The largest absolute Gasteiger partial charge is 0.394 e. The number of nitriles is 1. The van der Waals surface area contributed by atoms with Gasteiger partial charge in [0.1, 0.15) is 18.7 Å². The number of nitrogen functional groups attached to an aromatic ring is 1. The average molecular weight is 376 g/mol. The van der Waals surface area contributed by atoms with Crippen LogP contribution in [0.4, 0.5) is 5.82 Å². The first-order valence-corrected chi connectivity index (χ1v) is 8.55. The molecule has 0 unspecified atom stereocenters. The average Bonchev–Trinajstić information content (AvgIpc) is 3.27. The number of nitrogens with zero attached hydrogens (tertiary/aromatic N) is 5. The van der Waals surface area contributed by atoms with E-state index in [4.69, 9.17) is 15.7 Å². The Morgan fingerprint density at radius 2 is 1.96 bits per heavy atom. The molecule has 4 N–H and O–H groups in total. The van der Waals surface area contributed by atoms with Crippen LogP contribution in [0.2, 0.25) is 0 Å². The second kappa shape index (κ2) is 7.25. The van der Waals surface area contributed by atoms with E-state index in [-0.39, 0.29) is 18.8 Å². The smallest absolute Gasteiger partial charge is 0.190 e. The maximum atomic E-state index is 10.1. The predicted molar refractivity (Wildman–Crippen MR) is 98.5 cm³/mol. The van der Waals surface area contributed by atoms with E-state index in [0.29, 0.717) is 28.1 Å². The molecule has 1 fully saturated rings. The van der Waals surface area contributed by atoms with E-state index in [2.05, 4.69) is 32.9 Å². The predicted octanol–water partition coefficient (Wildman–Crippen LogP) is 0.321. The summed E-state index contributed by atoms with van der Waals surface area (Å²) in [5.41, 5.74) is 8.00. The first-order valence-electron chi connectivity index (χ1n) is 8.55. The van der Waals surface area contributed by atoms with Gasteiger partial charge < -0.3 is 20.7 Å². The van der Waals surface area contributed by atoms with Gasteiger partial charge in [-0.25, -0.2) is 15.0 Å². The van der Waals surface area contributed by atoms with E-state index in [1.807, 2.05) is 0 Å². The first kappa shape index (κ1) is 17.9. The third-order valence-corrected chi connectivity index (χ3v) is 4.51. The number of hydrogen-bond donors (Lipinski definition) is 3. The molecule has 28 heavy (non-hydrogen) atoms. The van der Waals surface area contributed by atoms with Crippen molar-refractivity contribution >= 4 is 17.0 Å². The van der Waals surface area contributed by atoms with Gasteiger partial charge in [-0.05, 0) is 30.2 Å². The number of aliphatic hydroxyl groups is 2. The summed E-state index contributed by atoms with van der Waals surface area (Å²) < 4.78 is 7.41. The van der Waals surface area contributed by atoms with E-state index in [1.165, 1.54) is 6.33 Å². The monoisotopic (exact) mass is 376 g/mol. The molecule has 1 aliphatic rings. The van der Waals surface area contributed by atoms with Gasteiger partial charge >= 0.3 is 0 Å². The minimum Gasteiger partial charge on any atom is -0.394 e. The summed E-state index contributed by atoms with van der Waals surface area (Å²) in [6.45, 7) is -0.298. The number of aliphatic hydroxyl groups excluding tert-OH is 2. The molecule has 0 amide bonds. The van der Waals surface area contributed by atoms with Gasteiger partial charge in [-0.3, -0.25) is 4.57 Å². The zero-order valence-electron chi connectivity index (χ0n) is 14.6. The molecule has 0 spiro atoms. The molecular formula is C19H16N6O3. The number of benzene rings is 1. The third-order valence-electron chi connectivity index (χ3n) is 4.51. The van der Waals surface area contributed by atoms with E-state index in [0.717, 1.165) is 0 Å². The standard InChI is InChI=1S/C19H16N6O3/c20-8-12-3-1-11(2-4-12)5-6-15-24-17-18(21)22-10-23-19(17)25(15)16-7-13(27)14(9-26)28-16/h1-4,10,13-14,16,26-27H,7,9H2,(H2,21,22,23)/t13-,14+,16+/m0/s1. The summed E-state index contributed by atoms with van der Waals surface area (Å²) >= 11 is 0. The SMILES string of the molecule is N#Cc1ccc(C#Cc2nc3c(N)ncnc3n2[C@H]2C[C@H](O)[C@@H](CO)O2)cc1. The quantitative estimate of drug-likeness (QED) is 0.543. The van der Waals surface area contributed by atoms with Crippen LogP contribution in [-0.4, -0.2) is 48.5 Å². The Balaban J connectivity index is 1.79. The van der Waals surface area contributed by atoms with Gasteiger partial charge in [0.2, 0.25) is 0 Å². The van der Waals surface area contributed by atoms with Crippen LogP contribution in [0.15, 0.2) is 30.6 Å². The fourth-order valence-electron chi connectivity index (χ4n) is 3.08. The Labute approximate surface area is 160 Å². The lowest BCUT2D eigenvalue weighted by molar-refractivity contribution is -0.0434. The fourth-order valence-corrected chi connectivity index (χ4v) is 3.08. The molecule has 0 saturated carbocycles. The highest BCUT2D eigenvalue weighted by molar-refractivity contribution is 5.82. The number of aromatic nitrogens is 4. The fraction of sp³-hybridized carbons (Fsp3) is 0.263. The van der Waals surface area contributed by atoms with Gasteiger partial charge in [0.15, 0.2) is 22.8 Å². The molecule has 3 atom stereocenters. The van der Waals surface area contributed by atoms with Gasteiger partial charge in [0, 0.05) is 12.0 Å². The summed E-state index contributed by atoms with van der Waals surface area (Å²) in [5, 5.41) is 28.3. The van der Waals surface area contributed by atoms with Gasteiger partial charge in [-0.1, -0.05) is 5.92 Å². The van der Waals surface area contributed by atoms with Crippen molar-refractivity contribution in [2.45, 2.75) is 24.9 Å². The van der Waals surface area contributed by atoms with Crippen molar-refractivity contribution in [2.75, 3.05) is 12.3 Å². The zero-order chi connectivity index (χ0) is 19.7. The molecule has 0 aliphatic carbocycles. The Hall–Kier alpha value is -3.50. The van der Waals surface area contributed by atoms with Gasteiger partial charge in [-0.15, -0.1) is 0 Å². The number of rotatable bonds is 2. The number of anilines is 1. The lowest BCUT2D eigenvalue weighted by Crippen LogP contribution is -2.24. The number of ether oxygens (including phenoxy) is 1. The first-order chi connectivity index (χ1) is 13.6. The van der Waals surface area contributed by atoms with Gasteiger partial charge in [0.25, 0.3) is 0 Å². The van der Waals surface area contributed by atoms with Crippen LogP contribution in [0.3, 0.4) is 0 Å². The number of nitrogens with two attached hydrogens (primary N) is 1. The highest BCUT2D eigenvalue weighted by atomic mass is 16.5. The van der Waals surface area contributed by atoms with E-state index in [1.54, 1.807) is 28.8 Å². The van der Waals surface area contributed by atoms with Crippen LogP contribution in [0.1, 0.15) is 29.6 Å². The highest BCUT2D eigenvalue weighted by Crippen LogP contribution is 2.32. The van der Waals surface area contributed by atoms with E-state index in [9.17, 15) is 10.2 Å². The summed E-state index contributed by atoms with van der Waals surface area (Å²) in [6.07, 6.45) is -0.530. The van der Waals surface area contributed by atoms with Crippen molar-refractivity contribution in [3.8, 4) is 17.9 Å². The molecule has 140 valence electrons. The Kier molecular flexibility index (Phi) is 4.63. The van der Waals surface area contributed by atoms with Crippen molar-refractivity contribution in [2.24, 2.45) is 0 Å². The van der Waals surface area contributed by atoms with Crippen molar-refractivity contribution < 1.29 is 14.9 Å². The topological polar surface area (TPSA) is 143 Å².